The number of halogens is 1. The average Bonchev–Trinajstić information content (AvgIpc) is 3.08. The van der Waals surface area contributed by atoms with Gasteiger partial charge in [0.05, 0.1) is 0 Å². The summed E-state index contributed by atoms with van der Waals surface area (Å²) >= 11 is 6.08. The monoisotopic (exact) mass is 338 g/mol. The lowest BCUT2D eigenvalue weighted by Gasteiger charge is -2.15. The Morgan fingerprint density at radius 2 is 1.79 bits per heavy atom. The summed E-state index contributed by atoms with van der Waals surface area (Å²) in [5, 5.41) is 6.16. The summed E-state index contributed by atoms with van der Waals surface area (Å²) in [6.45, 7) is 3.37. The van der Waals surface area contributed by atoms with Crippen LogP contribution < -0.4 is 5.32 Å². The van der Waals surface area contributed by atoms with Crippen LogP contribution in [0.1, 0.15) is 18.4 Å². The first-order valence-corrected chi connectivity index (χ1v) is 8.64. The molecule has 1 aliphatic heterocycles. The van der Waals surface area contributed by atoms with E-state index in [0.29, 0.717) is 0 Å². The van der Waals surface area contributed by atoms with Crippen molar-refractivity contribution in [3.05, 3.63) is 59.4 Å². The number of rotatable bonds is 4. The Hall–Kier alpha value is -2.17. The second kappa shape index (κ2) is 6.75. The molecule has 0 bridgehead atoms. The predicted octanol–water partition coefficient (Wildman–Crippen LogP) is 4.62. The molecular formula is C19H19ClN4. The maximum absolute atomic E-state index is 6.08. The number of likely N-dealkylation sites (tertiary alicyclic amines) is 1. The largest absolute Gasteiger partial charge is 0.325 e. The van der Waals surface area contributed by atoms with E-state index < -0.39 is 0 Å². The molecule has 1 fully saturated rings. The van der Waals surface area contributed by atoms with Crippen LogP contribution in [0.2, 0.25) is 5.02 Å². The van der Waals surface area contributed by atoms with Gasteiger partial charge in [0.1, 0.15) is 11.6 Å². The third kappa shape index (κ3) is 3.50. The van der Waals surface area contributed by atoms with Gasteiger partial charge in [-0.3, -0.25) is 4.90 Å². The van der Waals surface area contributed by atoms with Gasteiger partial charge in [0.2, 0.25) is 0 Å². The summed E-state index contributed by atoms with van der Waals surface area (Å²) in [7, 11) is 0. The molecule has 2 aromatic heterocycles. The van der Waals surface area contributed by atoms with Crippen LogP contribution in [0.15, 0.2) is 48.8 Å². The molecule has 4 rings (SSSR count). The van der Waals surface area contributed by atoms with Crippen molar-refractivity contribution in [1.29, 1.82) is 0 Å². The number of anilines is 2. The van der Waals surface area contributed by atoms with Gasteiger partial charge >= 0.3 is 0 Å². The van der Waals surface area contributed by atoms with Crippen molar-refractivity contribution in [2.75, 3.05) is 18.4 Å². The lowest BCUT2D eigenvalue weighted by atomic mass is 10.2. The zero-order chi connectivity index (χ0) is 16.4. The van der Waals surface area contributed by atoms with Gasteiger partial charge in [-0.25, -0.2) is 9.97 Å². The van der Waals surface area contributed by atoms with E-state index in [4.69, 9.17) is 11.6 Å². The van der Waals surface area contributed by atoms with E-state index in [2.05, 4.69) is 32.3 Å². The first-order chi connectivity index (χ1) is 11.8. The zero-order valence-corrected chi connectivity index (χ0v) is 14.1. The Morgan fingerprint density at radius 1 is 0.958 bits per heavy atom. The summed E-state index contributed by atoms with van der Waals surface area (Å²) < 4.78 is 0. The van der Waals surface area contributed by atoms with Crippen molar-refractivity contribution in [2.45, 2.75) is 19.4 Å². The Bertz CT molecular complexity index is 859. The fourth-order valence-electron chi connectivity index (χ4n) is 3.15. The molecule has 0 atom stereocenters. The highest BCUT2D eigenvalue weighted by atomic mass is 35.5. The first-order valence-electron chi connectivity index (χ1n) is 8.26. The maximum Gasteiger partial charge on any atom is 0.132 e. The van der Waals surface area contributed by atoms with E-state index in [1.165, 1.54) is 31.5 Å². The molecule has 0 spiro atoms. The molecule has 1 aromatic carbocycles. The number of nitrogens with zero attached hydrogens (tertiary/aromatic N) is 3. The van der Waals surface area contributed by atoms with E-state index >= 15 is 0 Å². The number of pyridine rings is 2. The van der Waals surface area contributed by atoms with Gasteiger partial charge in [0.25, 0.3) is 0 Å². The minimum atomic E-state index is 0.727. The predicted molar refractivity (Wildman–Crippen MR) is 98.8 cm³/mol. The maximum atomic E-state index is 6.08. The third-order valence-electron chi connectivity index (χ3n) is 4.37. The molecule has 3 heterocycles. The van der Waals surface area contributed by atoms with Gasteiger partial charge in [-0.05, 0) is 67.2 Å². The number of nitrogens with one attached hydrogen (secondary N) is 1. The molecule has 0 amide bonds. The van der Waals surface area contributed by atoms with Crippen LogP contribution in [0.25, 0.3) is 10.8 Å². The molecular weight excluding hydrogens is 320 g/mol. The van der Waals surface area contributed by atoms with Crippen LogP contribution in [0.3, 0.4) is 0 Å². The number of hydrogen-bond acceptors (Lipinski definition) is 4. The summed E-state index contributed by atoms with van der Waals surface area (Å²) in [5.74, 6) is 1.59. The number of fused-ring (bicyclic) bond motifs is 1. The molecule has 0 saturated carbocycles. The SMILES string of the molecule is Clc1ccc2cnc(Nc3cc(CN4CCCC4)ccn3)cc2c1. The lowest BCUT2D eigenvalue weighted by Crippen LogP contribution is -2.18. The molecule has 0 unspecified atom stereocenters. The smallest absolute Gasteiger partial charge is 0.132 e. The molecule has 0 aliphatic carbocycles. The van der Waals surface area contributed by atoms with E-state index in [1.54, 1.807) is 0 Å². The van der Waals surface area contributed by atoms with E-state index in [-0.39, 0.29) is 0 Å². The lowest BCUT2D eigenvalue weighted by molar-refractivity contribution is 0.331. The number of benzene rings is 1. The van der Waals surface area contributed by atoms with Gasteiger partial charge in [-0.15, -0.1) is 0 Å². The minimum absolute atomic E-state index is 0.727. The Labute approximate surface area is 146 Å². The molecule has 24 heavy (non-hydrogen) atoms. The summed E-state index contributed by atoms with van der Waals surface area (Å²) in [5.41, 5.74) is 1.28. The highest BCUT2D eigenvalue weighted by Gasteiger charge is 2.12. The quantitative estimate of drug-likeness (QED) is 0.753. The summed E-state index contributed by atoms with van der Waals surface area (Å²) in [4.78, 5) is 11.4. The summed E-state index contributed by atoms with van der Waals surface area (Å²) in [6, 6.07) is 12.0. The Kier molecular flexibility index (Phi) is 4.32. The van der Waals surface area contributed by atoms with Crippen LogP contribution in [0, 0.1) is 0 Å². The molecule has 122 valence electrons. The van der Waals surface area contributed by atoms with E-state index in [9.17, 15) is 0 Å². The molecule has 0 radical (unpaired) electrons. The van der Waals surface area contributed by atoms with Crippen LogP contribution >= 0.6 is 11.6 Å². The van der Waals surface area contributed by atoms with Crippen molar-refractivity contribution in [3.63, 3.8) is 0 Å². The Balaban J connectivity index is 1.54. The van der Waals surface area contributed by atoms with E-state index in [1.807, 2.05) is 36.7 Å². The topological polar surface area (TPSA) is 41.1 Å². The highest BCUT2D eigenvalue weighted by molar-refractivity contribution is 6.31. The molecule has 1 N–H and O–H groups in total. The van der Waals surface area contributed by atoms with Gasteiger partial charge < -0.3 is 5.32 Å². The van der Waals surface area contributed by atoms with Crippen molar-refractivity contribution in [2.24, 2.45) is 0 Å². The van der Waals surface area contributed by atoms with Crippen molar-refractivity contribution >= 4 is 34.0 Å². The van der Waals surface area contributed by atoms with Gasteiger partial charge in [-0.2, -0.15) is 0 Å². The summed E-state index contributed by atoms with van der Waals surface area (Å²) in [6.07, 6.45) is 6.31. The highest BCUT2D eigenvalue weighted by Crippen LogP contribution is 2.23. The molecule has 3 aromatic rings. The zero-order valence-electron chi connectivity index (χ0n) is 13.4. The van der Waals surface area contributed by atoms with Gasteiger partial charge in [0, 0.05) is 29.3 Å². The standard InChI is InChI=1S/C19H19ClN4/c20-17-4-3-15-12-22-19(11-16(15)10-17)23-18-9-14(5-6-21-18)13-24-7-1-2-8-24/h3-6,9-12H,1-2,7-8,13H2,(H,21,22,23). The van der Waals surface area contributed by atoms with Crippen LogP contribution in [0.5, 0.6) is 0 Å². The fourth-order valence-corrected chi connectivity index (χ4v) is 3.33. The van der Waals surface area contributed by atoms with Crippen molar-refractivity contribution < 1.29 is 0 Å². The van der Waals surface area contributed by atoms with Gasteiger partial charge in [0.15, 0.2) is 0 Å². The van der Waals surface area contributed by atoms with Crippen LogP contribution in [-0.2, 0) is 6.54 Å². The second-order valence-electron chi connectivity index (χ2n) is 6.22. The minimum Gasteiger partial charge on any atom is -0.325 e. The first kappa shape index (κ1) is 15.4. The molecule has 4 nitrogen and oxygen atoms in total. The second-order valence-corrected chi connectivity index (χ2v) is 6.66. The van der Waals surface area contributed by atoms with E-state index in [0.717, 1.165) is 34.0 Å². The van der Waals surface area contributed by atoms with Crippen molar-refractivity contribution in [1.82, 2.24) is 14.9 Å². The average molecular weight is 339 g/mol. The van der Waals surface area contributed by atoms with Crippen molar-refractivity contribution in [3.8, 4) is 0 Å². The van der Waals surface area contributed by atoms with Crippen LogP contribution in [-0.4, -0.2) is 28.0 Å². The van der Waals surface area contributed by atoms with Crippen LogP contribution in [0.4, 0.5) is 11.6 Å². The molecule has 5 heteroatoms. The Morgan fingerprint density at radius 3 is 2.67 bits per heavy atom. The third-order valence-corrected chi connectivity index (χ3v) is 4.60. The van der Waals surface area contributed by atoms with Gasteiger partial charge in [-0.1, -0.05) is 17.7 Å². The number of hydrogen-bond donors (Lipinski definition) is 1. The number of aromatic nitrogens is 2. The molecule has 1 aliphatic rings. The normalized spacial score (nSPS) is 15.0. The fraction of sp³-hybridized carbons (Fsp3) is 0.263. The molecule has 1 saturated heterocycles.